The van der Waals surface area contributed by atoms with Gasteiger partial charge in [0.1, 0.15) is 23.7 Å². The van der Waals surface area contributed by atoms with Gasteiger partial charge in [-0.05, 0) is 24.3 Å². The molecule has 0 saturated carbocycles. The van der Waals surface area contributed by atoms with Gasteiger partial charge in [-0.2, -0.15) is 5.10 Å². The van der Waals surface area contributed by atoms with Crippen molar-refractivity contribution in [2.45, 2.75) is 0 Å². The molecule has 9 nitrogen and oxygen atoms in total. The van der Waals surface area contributed by atoms with Crippen molar-refractivity contribution in [1.82, 2.24) is 15.0 Å². The maximum Gasteiger partial charge on any atom is 0.203 e. The van der Waals surface area contributed by atoms with E-state index < -0.39 is 0 Å². The lowest BCUT2D eigenvalue weighted by Crippen LogP contribution is -2.21. The Labute approximate surface area is 172 Å². The molecular weight excluding hydrogens is 386 g/mol. The molecule has 0 aliphatic carbocycles. The van der Waals surface area contributed by atoms with Gasteiger partial charge in [-0.3, -0.25) is 5.41 Å². The molecule has 30 heavy (non-hydrogen) atoms. The number of fused-ring (bicyclic) bond motifs is 1. The number of aliphatic hydroxyl groups is 1. The number of nitrogens with one attached hydrogen (secondary N) is 2. The van der Waals surface area contributed by atoms with Gasteiger partial charge in [-0.25, -0.2) is 9.99 Å². The third-order valence-corrected chi connectivity index (χ3v) is 4.78. The second-order valence-electron chi connectivity index (χ2n) is 6.50. The van der Waals surface area contributed by atoms with Gasteiger partial charge in [0.25, 0.3) is 0 Å². The molecule has 0 atom stereocenters. The molecule has 1 aliphatic rings. The van der Waals surface area contributed by atoms with E-state index in [1.807, 2.05) is 24.3 Å². The number of aromatic nitrogens is 2. The number of ether oxygens (including phenoxy) is 3. The van der Waals surface area contributed by atoms with Gasteiger partial charge in [0, 0.05) is 5.56 Å². The number of imidazole rings is 1. The van der Waals surface area contributed by atoms with Gasteiger partial charge in [0.05, 0.1) is 38.6 Å². The summed E-state index contributed by atoms with van der Waals surface area (Å²) in [6.45, 7) is 0.0668. The van der Waals surface area contributed by atoms with E-state index in [1.54, 1.807) is 25.5 Å². The van der Waals surface area contributed by atoms with Crippen LogP contribution in [-0.2, 0) is 0 Å². The first-order chi connectivity index (χ1) is 14.6. The van der Waals surface area contributed by atoms with Crippen LogP contribution in [0.5, 0.6) is 17.2 Å². The third-order valence-electron chi connectivity index (χ3n) is 4.78. The number of aromatic amines is 1. The second-order valence-corrected chi connectivity index (χ2v) is 6.50. The molecule has 2 heterocycles. The molecule has 3 N–H and O–H groups in total. The summed E-state index contributed by atoms with van der Waals surface area (Å²) in [5, 5.41) is 24.7. The summed E-state index contributed by atoms with van der Waals surface area (Å²) in [5.74, 6) is 1.94. The molecular formula is C21H21N5O4. The van der Waals surface area contributed by atoms with Crippen molar-refractivity contribution in [2.75, 3.05) is 27.9 Å². The number of hydrogen-bond donors (Lipinski definition) is 3. The highest BCUT2D eigenvalue weighted by atomic mass is 16.5. The highest BCUT2D eigenvalue weighted by Crippen LogP contribution is 2.39. The molecule has 2 aromatic carbocycles. The molecule has 0 fully saturated rings. The minimum absolute atomic E-state index is 0.0236. The van der Waals surface area contributed by atoms with Crippen molar-refractivity contribution in [1.29, 1.82) is 5.41 Å². The molecule has 4 rings (SSSR count). The SMILES string of the molecule is COc1ccc(C=NN2CC(O)=C(c3nc4ccccc4[nH]3)C2=N)c(OC)c1OC. The molecule has 1 aliphatic heterocycles. The van der Waals surface area contributed by atoms with Crippen molar-refractivity contribution in [3.63, 3.8) is 0 Å². The topological polar surface area (TPSA) is 116 Å². The van der Waals surface area contributed by atoms with E-state index in [1.165, 1.54) is 19.2 Å². The number of H-pyrrole nitrogens is 1. The van der Waals surface area contributed by atoms with Crippen LogP contribution in [0.4, 0.5) is 0 Å². The Balaban J connectivity index is 1.62. The molecule has 0 spiro atoms. The maximum absolute atomic E-state index is 10.5. The fourth-order valence-corrected chi connectivity index (χ4v) is 3.34. The normalized spacial score (nSPS) is 14.2. The summed E-state index contributed by atoms with van der Waals surface area (Å²) in [7, 11) is 4.60. The largest absolute Gasteiger partial charge is 0.509 e. The quantitative estimate of drug-likeness (QED) is 0.541. The zero-order valence-electron chi connectivity index (χ0n) is 16.8. The monoisotopic (exact) mass is 407 g/mol. The lowest BCUT2D eigenvalue weighted by Gasteiger charge is -2.15. The highest BCUT2D eigenvalue weighted by molar-refractivity contribution is 6.23. The summed E-state index contributed by atoms with van der Waals surface area (Å²) in [4.78, 5) is 7.61. The summed E-state index contributed by atoms with van der Waals surface area (Å²) in [6.07, 6.45) is 1.55. The lowest BCUT2D eigenvalue weighted by atomic mass is 10.2. The van der Waals surface area contributed by atoms with Gasteiger partial charge in [-0.15, -0.1) is 0 Å². The lowest BCUT2D eigenvalue weighted by molar-refractivity contribution is 0.324. The zero-order chi connectivity index (χ0) is 21.3. The second kappa shape index (κ2) is 7.78. The number of hydrazone groups is 1. The van der Waals surface area contributed by atoms with Gasteiger partial charge in [-0.1, -0.05) is 12.1 Å². The molecule has 3 aromatic rings. The molecule has 0 amide bonds. The van der Waals surface area contributed by atoms with Crippen LogP contribution in [0.25, 0.3) is 16.6 Å². The molecule has 0 radical (unpaired) electrons. The average Bonchev–Trinajstić information content (AvgIpc) is 3.30. The van der Waals surface area contributed by atoms with Gasteiger partial charge >= 0.3 is 0 Å². The first-order valence-corrected chi connectivity index (χ1v) is 9.14. The smallest absolute Gasteiger partial charge is 0.203 e. The van der Waals surface area contributed by atoms with Gasteiger partial charge in [0.2, 0.25) is 5.75 Å². The Morgan fingerprint density at radius 1 is 1.10 bits per heavy atom. The molecule has 154 valence electrons. The van der Waals surface area contributed by atoms with E-state index in [9.17, 15) is 5.11 Å². The van der Waals surface area contributed by atoms with Crippen LogP contribution in [-0.4, -0.2) is 60.0 Å². The third kappa shape index (κ3) is 3.20. The summed E-state index contributed by atoms with van der Waals surface area (Å²) in [6, 6.07) is 11.1. The van der Waals surface area contributed by atoms with Crippen molar-refractivity contribution < 1.29 is 19.3 Å². The van der Waals surface area contributed by atoms with Crippen LogP contribution in [0, 0.1) is 5.41 Å². The van der Waals surface area contributed by atoms with Crippen LogP contribution < -0.4 is 14.2 Å². The predicted octanol–water partition coefficient (Wildman–Crippen LogP) is 3.18. The summed E-state index contributed by atoms with van der Waals surface area (Å²) < 4.78 is 16.1. The fraction of sp³-hybridized carbons (Fsp3) is 0.190. The highest BCUT2D eigenvalue weighted by Gasteiger charge is 2.30. The fourth-order valence-electron chi connectivity index (χ4n) is 3.34. The Hall–Kier alpha value is -4.01. The molecule has 9 heteroatoms. The van der Waals surface area contributed by atoms with Crippen LogP contribution in [0.2, 0.25) is 0 Å². The number of methoxy groups -OCH3 is 3. The number of amidine groups is 1. The first kappa shape index (κ1) is 19.3. The Morgan fingerprint density at radius 2 is 1.87 bits per heavy atom. The van der Waals surface area contributed by atoms with Crippen molar-refractivity contribution in [3.8, 4) is 17.2 Å². The van der Waals surface area contributed by atoms with Crippen molar-refractivity contribution in [2.24, 2.45) is 5.10 Å². The zero-order valence-corrected chi connectivity index (χ0v) is 16.8. The summed E-state index contributed by atoms with van der Waals surface area (Å²) in [5.41, 5.74) is 2.55. The average molecular weight is 407 g/mol. The van der Waals surface area contributed by atoms with E-state index >= 15 is 0 Å². The Morgan fingerprint density at radius 3 is 2.57 bits per heavy atom. The number of para-hydroxylation sites is 2. The number of rotatable bonds is 6. The number of nitrogens with zero attached hydrogens (tertiary/aromatic N) is 3. The standard InChI is InChI=1S/C21H21N5O4/c1-28-16-9-8-12(18(29-2)19(16)30-3)10-23-26-11-15(27)17(20(26)22)21-24-13-6-4-5-7-14(13)25-21/h4-10,22,27H,11H2,1-3H3,(H,24,25). The first-order valence-electron chi connectivity index (χ1n) is 9.14. The minimum atomic E-state index is 0.0236. The van der Waals surface area contributed by atoms with Crippen molar-refractivity contribution in [3.05, 3.63) is 53.5 Å². The number of hydrogen-bond acceptors (Lipinski definition) is 7. The Kier molecular flexibility index (Phi) is 5.01. The van der Waals surface area contributed by atoms with Crippen LogP contribution in [0.1, 0.15) is 11.4 Å². The number of aliphatic hydroxyl groups excluding tert-OH is 1. The number of benzene rings is 2. The van der Waals surface area contributed by atoms with E-state index in [4.69, 9.17) is 19.6 Å². The van der Waals surface area contributed by atoms with Crippen LogP contribution in [0.3, 0.4) is 0 Å². The van der Waals surface area contributed by atoms with E-state index in [0.717, 1.165) is 11.0 Å². The summed E-state index contributed by atoms with van der Waals surface area (Å²) >= 11 is 0. The van der Waals surface area contributed by atoms with E-state index in [0.29, 0.717) is 34.2 Å². The maximum atomic E-state index is 10.5. The molecule has 0 unspecified atom stereocenters. The van der Waals surface area contributed by atoms with Crippen LogP contribution in [0.15, 0.2) is 47.3 Å². The Bertz CT molecular complexity index is 1150. The van der Waals surface area contributed by atoms with E-state index in [-0.39, 0.29) is 18.1 Å². The van der Waals surface area contributed by atoms with Crippen molar-refractivity contribution >= 4 is 28.7 Å². The predicted molar refractivity (Wildman–Crippen MR) is 114 cm³/mol. The van der Waals surface area contributed by atoms with E-state index in [2.05, 4.69) is 15.1 Å². The molecule has 0 bridgehead atoms. The minimum Gasteiger partial charge on any atom is -0.509 e. The van der Waals surface area contributed by atoms with Gasteiger partial charge < -0.3 is 24.3 Å². The molecule has 1 aromatic heterocycles. The van der Waals surface area contributed by atoms with Crippen LogP contribution >= 0.6 is 0 Å². The van der Waals surface area contributed by atoms with Gasteiger partial charge in [0.15, 0.2) is 17.3 Å². The molecule has 0 saturated heterocycles.